The highest BCUT2D eigenvalue weighted by Crippen LogP contribution is 2.28. The van der Waals surface area contributed by atoms with Crippen LogP contribution in [0.1, 0.15) is 12.5 Å². The van der Waals surface area contributed by atoms with Gasteiger partial charge < -0.3 is 25.7 Å². The quantitative estimate of drug-likeness (QED) is 0.331. The lowest BCUT2D eigenvalue weighted by atomic mass is 10.1. The molecule has 7 heteroatoms. The fourth-order valence-corrected chi connectivity index (χ4v) is 2.73. The van der Waals surface area contributed by atoms with E-state index < -0.39 is 0 Å². The van der Waals surface area contributed by atoms with E-state index in [1.54, 1.807) is 6.07 Å². The van der Waals surface area contributed by atoms with E-state index in [0.29, 0.717) is 18.7 Å². The van der Waals surface area contributed by atoms with E-state index in [1.165, 1.54) is 0 Å². The number of nitrogens with zero attached hydrogens (tertiary/aromatic N) is 2. The summed E-state index contributed by atoms with van der Waals surface area (Å²) in [5.41, 5.74) is 7.24. The Morgan fingerprint density at radius 2 is 2.30 bits per heavy atom. The van der Waals surface area contributed by atoms with Crippen LogP contribution < -0.4 is 10.6 Å². The Hall–Kier alpha value is -1.31. The Bertz CT molecular complexity index is 510. The molecule has 1 heterocycles. The molecule has 0 radical (unpaired) electrons. The van der Waals surface area contributed by atoms with Crippen molar-refractivity contribution in [3.63, 3.8) is 0 Å². The van der Waals surface area contributed by atoms with Crippen molar-refractivity contribution in [1.82, 2.24) is 0 Å². The molecule has 1 aromatic rings. The fraction of sp³-hybridized carbons (Fsp3) is 0.462. The number of aliphatic hydroxyl groups excluding tert-OH is 1. The van der Waals surface area contributed by atoms with Gasteiger partial charge in [-0.25, -0.2) is 0 Å². The van der Waals surface area contributed by atoms with Gasteiger partial charge in [-0.15, -0.1) is 0 Å². The number of hydrogen-bond acceptors (Lipinski definition) is 5. The van der Waals surface area contributed by atoms with Crippen molar-refractivity contribution in [1.29, 1.82) is 0 Å². The summed E-state index contributed by atoms with van der Waals surface area (Å²) in [6.07, 6.45) is -0.238. The van der Waals surface area contributed by atoms with Crippen molar-refractivity contribution in [3.8, 4) is 0 Å². The number of rotatable bonds is 3. The molecular weight excluding hydrogens is 326 g/mol. The van der Waals surface area contributed by atoms with Crippen molar-refractivity contribution in [3.05, 3.63) is 28.2 Å². The zero-order valence-electron chi connectivity index (χ0n) is 11.2. The van der Waals surface area contributed by atoms with Gasteiger partial charge in [0.25, 0.3) is 0 Å². The van der Waals surface area contributed by atoms with Gasteiger partial charge in [-0.05, 0) is 25.1 Å². The van der Waals surface area contributed by atoms with Crippen molar-refractivity contribution < 1.29 is 15.1 Å². The van der Waals surface area contributed by atoms with Gasteiger partial charge in [-0.3, -0.25) is 0 Å². The third-order valence-corrected chi connectivity index (χ3v) is 3.71. The minimum absolute atomic E-state index is 0.0000198. The number of aliphatic hydroxyl groups is 1. The highest BCUT2D eigenvalue weighted by atomic mass is 79.9. The molecule has 1 saturated heterocycles. The lowest BCUT2D eigenvalue weighted by Gasteiger charge is -2.38. The largest absolute Gasteiger partial charge is 0.409 e. The Balaban J connectivity index is 2.37. The molecule has 1 aromatic carbocycles. The SMILES string of the molecule is CC1CN(c2cc(Br)ccc2/C(N)=N/O)CC(CO)O1. The van der Waals surface area contributed by atoms with E-state index in [4.69, 9.17) is 15.7 Å². The Morgan fingerprint density at radius 1 is 1.55 bits per heavy atom. The van der Waals surface area contributed by atoms with E-state index in [-0.39, 0.29) is 24.7 Å². The molecule has 1 aliphatic rings. The van der Waals surface area contributed by atoms with E-state index in [0.717, 1.165) is 10.2 Å². The van der Waals surface area contributed by atoms with Gasteiger partial charge in [-0.2, -0.15) is 0 Å². The van der Waals surface area contributed by atoms with Crippen molar-refractivity contribution in [2.75, 3.05) is 24.6 Å². The normalized spacial score (nSPS) is 23.9. The molecule has 4 N–H and O–H groups in total. The van der Waals surface area contributed by atoms with Gasteiger partial charge in [0.2, 0.25) is 0 Å². The first-order valence-corrected chi connectivity index (χ1v) is 7.13. The summed E-state index contributed by atoms with van der Waals surface area (Å²) in [6.45, 7) is 3.16. The van der Waals surface area contributed by atoms with Crippen LogP contribution in [0.3, 0.4) is 0 Å². The first-order chi connectivity index (χ1) is 9.55. The van der Waals surface area contributed by atoms with E-state index >= 15 is 0 Å². The molecule has 20 heavy (non-hydrogen) atoms. The molecule has 0 aromatic heterocycles. The number of morpholine rings is 1. The predicted molar refractivity (Wildman–Crippen MR) is 80.3 cm³/mol. The zero-order valence-corrected chi connectivity index (χ0v) is 12.7. The number of benzene rings is 1. The standard InChI is InChI=1S/C13H18BrN3O3/c1-8-5-17(6-10(7-18)20-8)12-4-9(14)2-3-11(12)13(15)16-19/h2-4,8,10,18-19H,5-7H2,1H3,(H2,15,16). The van der Waals surface area contributed by atoms with Crippen LogP contribution >= 0.6 is 15.9 Å². The van der Waals surface area contributed by atoms with Crippen molar-refractivity contribution >= 4 is 27.5 Å². The second kappa shape index (κ2) is 6.43. The summed E-state index contributed by atoms with van der Waals surface area (Å²) < 4.78 is 6.53. The summed E-state index contributed by atoms with van der Waals surface area (Å²) in [6, 6.07) is 5.55. The Labute approximate surface area is 125 Å². The molecule has 6 nitrogen and oxygen atoms in total. The first-order valence-electron chi connectivity index (χ1n) is 6.34. The molecule has 0 aliphatic carbocycles. The van der Waals surface area contributed by atoms with Gasteiger partial charge in [0.05, 0.1) is 18.8 Å². The maximum atomic E-state index is 9.30. The molecule has 2 atom stereocenters. The van der Waals surface area contributed by atoms with Gasteiger partial charge in [-0.1, -0.05) is 21.1 Å². The smallest absolute Gasteiger partial charge is 0.172 e. The average molecular weight is 344 g/mol. The van der Waals surface area contributed by atoms with Gasteiger partial charge in [0, 0.05) is 28.8 Å². The van der Waals surface area contributed by atoms with Gasteiger partial charge in [0.15, 0.2) is 5.84 Å². The van der Waals surface area contributed by atoms with Crippen LogP contribution in [-0.4, -0.2) is 48.1 Å². The molecule has 0 spiro atoms. The first kappa shape index (κ1) is 15.1. The Morgan fingerprint density at radius 3 is 2.95 bits per heavy atom. The molecule has 110 valence electrons. The fourth-order valence-electron chi connectivity index (χ4n) is 2.38. The Kier molecular flexibility index (Phi) is 4.85. The van der Waals surface area contributed by atoms with E-state index in [9.17, 15) is 5.11 Å². The lowest BCUT2D eigenvalue weighted by Crippen LogP contribution is -2.48. The van der Waals surface area contributed by atoms with Crippen LogP contribution in [0, 0.1) is 0 Å². The minimum atomic E-state index is -0.238. The molecule has 0 saturated carbocycles. The maximum Gasteiger partial charge on any atom is 0.172 e. The third kappa shape index (κ3) is 3.23. The van der Waals surface area contributed by atoms with Crippen LogP contribution in [0.5, 0.6) is 0 Å². The number of anilines is 1. The molecule has 1 fully saturated rings. The lowest BCUT2D eigenvalue weighted by molar-refractivity contribution is -0.0421. The average Bonchev–Trinajstić information content (AvgIpc) is 2.45. The topological polar surface area (TPSA) is 91.3 Å². The highest BCUT2D eigenvalue weighted by Gasteiger charge is 2.27. The molecule has 1 aliphatic heterocycles. The van der Waals surface area contributed by atoms with Gasteiger partial charge >= 0.3 is 0 Å². The molecular formula is C13H18BrN3O3. The summed E-state index contributed by atoms with van der Waals surface area (Å²) >= 11 is 3.43. The van der Waals surface area contributed by atoms with Crippen LogP contribution in [0.4, 0.5) is 5.69 Å². The summed E-state index contributed by atoms with van der Waals surface area (Å²) in [4.78, 5) is 2.08. The predicted octanol–water partition coefficient (Wildman–Crippen LogP) is 1.13. The maximum absolute atomic E-state index is 9.30. The van der Waals surface area contributed by atoms with Crippen LogP contribution in [0.2, 0.25) is 0 Å². The third-order valence-electron chi connectivity index (χ3n) is 3.21. The number of halogens is 1. The molecule has 0 bridgehead atoms. The number of nitrogens with two attached hydrogens (primary N) is 1. The van der Waals surface area contributed by atoms with Crippen molar-refractivity contribution in [2.24, 2.45) is 10.9 Å². The summed E-state index contributed by atoms with van der Waals surface area (Å²) in [7, 11) is 0. The second-order valence-corrected chi connectivity index (χ2v) is 5.72. The highest BCUT2D eigenvalue weighted by molar-refractivity contribution is 9.10. The van der Waals surface area contributed by atoms with Crippen LogP contribution in [0.15, 0.2) is 27.8 Å². The molecule has 0 amide bonds. The second-order valence-electron chi connectivity index (χ2n) is 4.80. The summed E-state index contributed by atoms with van der Waals surface area (Å²) in [5.74, 6) is 0.0622. The monoisotopic (exact) mass is 343 g/mol. The molecule has 2 unspecified atom stereocenters. The van der Waals surface area contributed by atoms with E-state index in [2.05, 4.69) is 26.0 Å². The number of ether oxygens (including phenoxy) is 1. The van der Waals surface area contributed by atoms with Crippen LogP contribution in [-0.2, 0) is 4.74 Å². The zero-order chi connectivity index (χ0) is 14.7. The van der Waals surface area contributed by atoms with Crippen molar-refractivity contribution in [2.45, 2.75) is 19.1 Å². The molecule has 2 rings (SSSR count). The number of oxime groups is 1. The summed E-state index contributed by atoms with van der Waals surface area (Å²) in [5, 5.41) is 21.3. The van der Waals surface area contributed by atoms with Gasteiger partial charge in [0.1, 0.15) is 0 Å². The van der Waals surface area contributed by atoms with Crippen LogP contribution in [0.25, 0.3) is 0 Å². The minimum Gasteiger partial charge on any atom is -0.409 e. The van der Waals surface area contributed by atoms with E-state index in [1.807, 2.05) is 19.1 Å². The number of amidine groups is 1. The number of hydrogen-bond donors (Lipinski definition) is 3.